The number of hydrogen-bond donors (Lipinski definition) is 3. The van der Waals surface area contributed by atoms with E-state index in [1.165, 1.54) is 6.20 Å². The van der Waals surface area contributed by atoms with Crippen LogP contribution < -0.4 is 16.6 Å². The molecule has 1 aromatic heterocycles. The lowest BCUT2D eigenvalue weighted by Gasteiger charge is -1.93. The second-order valence-corrected chi connectivity index (χ2v) is 1.74. The van der Waals surface area contributed by atoms with Gasteiger partial charge in [0.2, 0.25) is 0 Å². The highest BCUT2D eigenvalue weighted by Gasteiger charge is 1.93. The molecule has 3 N–H and O–H groups in total. The van der Waals surface area contributed by atoms with Crippen molar-refractivity contribution in [2.75, 3.05) is 12.4 Å². The summed E-state index contributed by atoms with van der Waals surface area (Å²) in [6, 6.07) is 0. The second kappa shape index (κ2) is 3.82. The van der Waals surface area contributed by atoms with E-state index in [1.54, 1.807) is 7.05 Å². The Balaban J connectivity index is 0.000001000. The number of H-pyrrole nitrogens is 2. The van der Waals surface area contributed by atoms with Crippen molar-refractivity contribution in [2.24, 2.45) is 0 Å². The third-order valence-electron chi connectivity index (χ3n) is 1.09. The molecule has 0 saturated heterocycles. The molecule has 0 spiro atoms. The van der Waals surface area contributed by atoms with Gasteiger partial charge in [0.1, 0.15) is 5.69 Å². The van der Waals surface area contributed by atoms with Gasteiger partial charge in [0.25, 0.3) is 5.56 Å². The molecule has 0 atom stereocenters. The van der Waals surface area contributed by atoms with Crippen molar-refractivity contribution >= 4 is 18.1 Å². The van der Waals surface area contributed by atoms with Crippen molar-refractivity contribution in [2.45, 2.75) is 0 Å². The molecule has 0 radical (unpaired) electrons. The zero-order valence-corrected chi connectivity index (χ0v) is 6.62. The van der Waals surface area contributed by atoms with Gasteiger partial charge < -0.3 is 10.3 Å². The number of aromatic amines is 2. The highest BCUT2D eigenvalue weighted by molar-refractivity contribution is 5.85. The topological polar surface area (TPSA) is 77.8 Å². The van der Waals surface area contributed by atoms with Crippen LogP contribution in [-0.4, -0.2) is 17.0 Å². The Bertz CT molecular complexity index is 329. The maximum atomic E-state index is 10.7. The van der Waals surface area contributed by atoms with Crippen molar-refractivity contribution in [3.8, 4) is 0 Å². The summed E-state index contributed by atoms with van der Waals surface area (Å²) in [5.74, 6) is 0. The minimum atomic E-state index is -0.496. The summed E-state index contributed by atoms with van der Waals surface area (Å²) < 4.78 is 0. The zero-order chi connectivity index (χ0) is 7.56. The number of halogens is 1. The van der Waals surface area contributed by atoms with E-state index in [2.05, 4.69) is 15.3 Å². The van der Waals surface area contributed by atoms with E-state index >= 15 is 0 Å². The van der Waals surface area contributed by atoms with Crippen LogP contribution in [0.4, 0.5) is 5.69 Å². The van der Waals surface area contributed by atoms with E-state index in [4.69, 9.17) is 0 Å². The first-order chi connectivity index (χ1) is 4.74. The Morgan fingerprint density at radius 3 is 2.55 bits per heavy atom. The quantitative estimate of drug-likeness (QED) is 0.543. The molecule has 1 heterocycles. The minimum Gasteiger partial charge on any atom is -0.382 e. The molecule has 0 unspecified atom stereocenters. The maximum Gasteiger partial charge on any atom is 0.325 e. The Morgan fingerprint density at radius 2 is 2.09 bits per heavy atom. The molecule has 1 rings (SSSR count). The molecule has 1 aromatic rings. The standard InChI is InChI=1S/C5H7N3O2.ClH/c1-6-3-2-7-5(10)8-4(3)9;/h2,6H,1H3,(H2,7,8,9,10);1H. The van der Waals surface area contributed by atoms with Gasteiger partial charge in [-0.2, -0.15) is 0 Å². The SMILES string of the molecule is CNc1c[nH]c(=O)[nH]c1=O.Cl. The smallest absolute Gasteiger partial charge is 0.325 e. The van der Waals surface area contributed by atoms with Gasteiger partial charge in [-0.15, -0.1) is 12.4 Å². The van der Waals surface area contributed by atoms with E-state index in [-0.39, 0.29) is 12.4 Å². The van der Waals surface area contributed by atoms with Crippen molar-refractivity contribution in [3.05, 3.63) is 27.0 Å². The fraction of sp³-hybridized carbons (Fsp3) is 0.200. The van der Waals surface area contributed by atoms with Crippen LogP contribution in [0.15, 0.2) is 15.8 Å². The van der Waals surface area contributed by atoms with Crippen LogP contribution in [0.25, 0.3) is 0 Å². The van der Waals surface area contributed by atoms with Crippen molar-refractivity contribution in [3.63, 3.8) is 0 Å². The Morgan fingerprint density at radius 1 is 1.45 bits per heavy atom. The van der Waals surface area contributed by atoms with Gasteiger partial charge in [0.15, 0.2) is 0 Å². The monoisotopic (exact) mass is 177 g/mol. The van der Waals surface area contributed by atoms with Crippen LogP contribution in [0.1, 0.15) is 0 Å². The molecule has 0 fully saturated rings. The highest BCUT2D eigenvalue weighted by Crippen LogP contribution is 1.86. The fourth-order valence-electron chi connectivity index (χ4n) is 0.595. The third-order valence-corrected chi connectivity index (χ3v) is 1.09. The van der Waals surface area contributed by atoms with Gasteiger partial charge in [-0.05, 0) is 0 Å². The summed E-state index contributed by atoms with van der Waals surface area (Å²) >= 11 is 0. The molecule has 11 heavy (non-hydrogen) atoms. The lowest BCUT2D eigenvalue weighted by Crippen LogP contribution is -2.23. The summed E-state index contributed by atoms with van der Waals surface area (Å²) in [7, 11) is 1.60. The number of aromatic nitrogens is 2. The second-order valence-electron chi connectivity index (χ2n) is 1.74. The van der Waals surface area contributed by atoms with E-state index in [0.717, 1.165) is 0 Å². The van der Waals surface area contributed by atoms with Gasteiger partial charge in [-0.1, -0.05) is 0 Å². The summed E-state index contributed by atoms with van der Waals surface area (Å²) in [5, 5.41) is 2.61. The van der Waals surface area contributed by atoms with Crippen LogP contribution in [0.5, 0.6) is 0 Å². The molecule has 5 nitrogen and oxygen atoms in total. The molecule has 62 valence electrons. The van der Waals surface area contributed by atoms with Crippen LogP contribution in [0, 0.1) is 0 Å². The minimum absolute atomic E-state index is 0. The summed E-state index contributed by atoms with van der Waals surface area (Å²) in [6.07, 6.45) is 1.32. The van der Waals surface area contributed by atoms with Crippen molar-refractivity contribution < 1.29 is 0 Å². The largest absolute Gasteiger partial charge is 0.382 e. The van der Waals surface area contributed by atoms with E-state index in [9.17, 15) is 9.59 Å². The molecule has 0 bridgehead atoms. The zero-order valence-electron chi connectivity index (χ0n) is 5.80. The number of nitrogens with one attached hydrogen (secondary N) is 3. The first-order valence-corrected chi connectivity index (χ1v) is 2.74. The van der Waals surface area contributed by atoms with Crippen LogP contribution in [-0.2, 0) is 0 Å². The molecular weight excluding hydrogens is 170 g/mol. The summed E-state index contributed by atoms with van der Waals surface area (Å²) in [6.45, 7) is 0. The Labute approximate surface area is 68.3 Å². The van der Waals surface area contributed by atoms with Gasteiger partial charge >= 0.3 is 5.69 Å². The van der Waals surface area contributed by atoms with Gasteiger partial charge in [-0.25, -0.2) is 4.79 Å². The van der Waals surface area contributed by atoms with Gasteiger partial charge in [-0.3, -0.25) is 9.78 Å². The maximum absolute atomic E-state index is 10.7. The third kappa shape index (κ3) is 2.12. The predicted molar refractivity (Wildman–Crippen MR) is 44.5 cm³/mol. The summed E-state index contributed by atoms with van der Waals surface area (Å²) in [5.41, 5.74) is -0.560. The summed E-state index contributed by atoms with van der Waals surface area (Å²) in [4.78, 5) is 25.5. The number of hydrogen-bond acceptors (Lipinski definition) is 3. The molecule has 0 aliphatic carbocycles. The van der Waals surface area contributed by atoms with E-state index in [1.807, 2.05) is 0 Å². The normalized spacial score (nSPS) is 8.45. The van der Waals surface area contributed by atoms with Crippen molar-refractivity contribution in [1.82, 2.24) is 9.97 Å². The van der Waals surface area contributed by atoms with E-state index < -0.39 is 11.2 Å². The van der Waals surface area contributed by atoms with Crippen LogP contribution >= 0.6 is 12.4 Å². The molecule has 0 aromatic carbocycles. The Kier molecular flexibility index (Phi) is 3.39. The molecule has 0 saturated carbocycles. The number of rotatable bonds is 1. The predicted octanol–water partition coefficient (Wildman–Crippen LogP) is -0.473. The first kappa shape index (κ1) is 9.77. The average molecular weight is 178 g/mol. The van der Waals surface area contributed by atoms with Crippen molar-refractivity contribution in [1.29, 1.82) is 0 Å². The lowest BCUT2D eigenvalue weighted by atomic mass is 10.5. The molecule has 0 aliphatic heterocycles. The first-order valence-electron chi connectivity index (χ1n) is 2.74. The Hall–Kier alpha value is -1.23. The van der Waals surface area contributed by atoms with Gasteiger partial charge in [0, 0.05) is 13.2 Å². The van der Waals surface area contributed by atoms with Crippen LogP contribution in [0.3, 0.4) is 0 Å². The number of anilines is 1. The lowest BCUT2D eigenvalue weighted by molar-refractivity contribution is 1.04. The average Bonchev–Trinajstić information content (AvgIpc) is 1.88. The highest BCUT2D eigenvalue weighted by atomic mass is 35.5. The molecule has 0 amide bonds. The van der Waals surface area contributed by atoms with E-state index in [0.29, 0.717) is 5.69 Å². The van der Waals surface area contributed by atoms with Crippen LogP contribution in [0.2, 0.25) is 0 Å². The van der Waals surface area contributed by atoms with Gasteiger partial charge in [0.05, 0.1) is 0 Å². The fourth-order valence-corrected chi connectivity index (χ4v) is 0.595. The molecule has 6 heteroatoms. The molecule has 0 aliphatic rings. The molecular formula is C5H8ClN3O2.